The summed E-state index contributed by atoms with van der Waals surface area (Å²) in [6, 6.07) is 0. The standard InChI is InChI=1S/C9H16O3/c1-7(10)9-3-4-11-8(2,5-9)12-6-9/h7,10H,3-6H2,1-2H3/t7?,8-,9+/m1/s1. The summed E-state index contributed by atoms with van der Waals surface area (Å²) in [5.74, 6) is -0.421. The normalized spacial score (nSPS) is 49.2. The highest BCUT2D eigenvalue weighted by atomic mass is 16.7. The van der Waals surface area contributed by atoms with E-state index in [2.05, 4.69) is 0 Å². The lowest BCUT2D eigenvalue weighted by molar-refractivity contribution is -0.204. The van der Waals surface area contributed by atoms with Crippen LogP contribution >= 0.6 is 0 Å². The Hall–Kier alpha value is -0.120. The molecule has 12 heavy (non-hydrogen) atoms. The van der Waals surface area contributed by atoms with E-state index in [1.54, 1.807) is 0 Å². The summed E-state index contributed by atoms with van der Waals surface area (Å²) in [6.07, 6.45) is 1.46. The maximum atomic E-state index is 9.63. The van der Waals surface area contributed by atoms with Gasteiger partial charge in [-0.3, -0.25) is 0 Å². The van der Waals surface area contributed by atoms with E-state index in [9.17, 15) is 5.11 Å². The molecule has 0 aliphatic carbocycles. The molecule has 2 saturated heterocycles. The molecule has 0 amide bonds. The molecule has 0 saturated carbocycles. The van der Waals surface area contributed by atoms with Crippen molar-refractivity contribution in [1.82, 2.24) is 0 Å². The van der Waals surface area contributed by atoms with E-state index in [0.29, 0.717) is 13.2 Å². The summed E-state index contributed by atoms with van der Waals surface area (Å²) in [5.41, 5.74) is -0.0347. The van der Waals surface area contributed by atoms with Crippen LogP contribution in [0.4, 0.5) is 0 Å². The Labute approximate surface area is 72.7 Å². The predicted octanol–water partition coefficient (Wildman–Crippen LogP) is 0.910. The zero-order chi connectivity index (χ0) is 8.82. The van der Waals surface area contributed by atoms with Crippen LogP contribution < -0.4 is 0 Å². The lowest BCUT2D eigenvalue weighted by atomic mass is 9.76. The molecule has 2 aliphatic heterocycles. The lowest BCUT2D eigenvalue weighted by Gasteiger charge is -2.36. The van der Waals surface area contributed by atoms with Crippen molar-refractivity contribution in [1.29, 1.82) is 0 Å². The molecule has 2 aliphatic rings. The van der Waals surface area contributed by atoms with Crippen LogP contribution in [-0.4, -0.2) is 30.2 Å². The highest BCUT2D eigenvalue weighted by Crippen LogP contribution is 2.48. The van der Waals surface area contributed by atoms with Crippen molar-refractivity contribution >= 4 is 0 Å². The third kappa shape index (κ3) is 1.08. The molecule has 3 atom stereocenters. The Morgan fingerprint density at radius 3 is 2.75 bits per heavy atom. The first kappa shape index (κ1) is 8.48. The van der Waals surface area contributed by atoms with Crippen LogP contribution in [0.25, 0.3) is 0 Å². The van der Waals surface area contributed by atoms with E-state index in [0.717, 1.165) is 12.8 Å². The molecule has 0 radical (unpaired) electrons. The van der Waals surface area contributed by atoms with Gasteiger partial charge in [-0.05, 0) is 20.3 Å². The van der Waals surface area contributed by atoms with Crippen molar-refractivity contribution in [3.05, 3.63) is 0 Å². The minimum atomic E-state index is -0.421. The van der Waals surface area contributed by atoms with Crippen LogP contribution in [0.3, 0.4) is 0 Å². The van der Waals surface area contributed by atoms with Gasteiger partial charge in [-0.1, -0.05) is 0 Å². The molecule has 0 spiro atoms. The summed E-state index contributed by atoms with van der Waals surface area (Å²) < 4.78 is 11.0. The van der Waals surface area contributed by atoms with Crippen molar-refractivity contribution < 1.29 is 14.6 Å². The summed E-state index contributed by atoms with van der Waals surface area (Å²) in [4.78, 5) is 0. The lowest BCUT2D eigenvalue weighted by Crippen LogP contribution is -2.41. The maximum absolute atomic E-state index is 9.63. The number of aliphatic hydroxyl groups excluding tert-OH is 1. The minimum absolute atomic E-state index is 0.0347. The highest BCUT2D eigenvalue weighted by molar-refractivity contribution is 4.96. The van der Waals surface area contributed by atoms with Crippen molar-refractivity contribution in [3.63, 3.8) is 0 Å². The number of rotatable bonds is 1. The largest absolute Gasteiger partial charge is 0.393 e. The van der Waals surface area contributed by atoms with Gasteiger partial charge in [-0.15, -0.1) is 0 Å². The molecule has 70 valence electrons. The number of fused-ring (bicyclic) bond motifs is 2. The number of hydrogen-bond donors (Lipinski definition) is 1. The molecule has 2 rings (SSSR count). The molecular weight excluding hydrogens is 156 g/mol. The van der Waals surface area contributed by atoms with Crippen molar-refractivity contribution in [2.45, 2.75) is 38.6 Å². The van der Waals surface area contributed by atoms with E-state index in [1.807, 2.05) is 13.8 Å². The van der Waals surface area contributed by atoms with Gasteiger partial charge < -0.3 is 14.6 Å². The number of hydrogen-bond acceptors (Lipinski definition) is 3. The molecule has 0 aromatic heterocycles. The maximum Gasteiger partial charge on any atom is 0.166 e. The van der Waals surface area contributed by atoms with Crippen molar-refractivity contribution in [3.8, 4) is 0 Å². The smallest absolute Gasteiger partial charge is 0.166 e. The van der Waals surface area contributed by atoms with Gasteiger partial charge >= 0.3 is 0 Å². The fourth-order valence-electron chi connectivity index (χ4n) is 2.24. The SMILES string of the molecule is CC(O)[C@@]12CCO[C@@](C)(C1)OC2. The number of ether oxygens (including phenoxy) is 2. The summed E-state index contributed by atoms with van der Waals surface area (Å²) in [5, 5.41) is 9.63. The Balaban J connectivity index is 2.20. The quantitative estimate of drug-likeness (QED) is 0.639. The summed E-state index contributed by atoms with van der Waals surface area (Å²) in [7, 11) is 0. The third-order valence-electron chi connectivity index (χ3n) is 3.23. The molecule has 0 aromatic carbocycles. The Kier molecular flexibility index (Phi) is 1.72. The van der Waals surface area contributed by atoms with Crippen LogP contribution in [0.5, 0.6) is 0 Å². The molecule has 1 N–H and O–H groups in total. The van der Waals surface area contributed by atoms with Gasteiger partial charge in [0.05, 0.1) is 19.3 Å². The molecule has 2 fully saturated rings. The summed E-state index contributed by atoms with van der Waals surface area (Å²) >= 11 is 0. The number of aliphatic hydroxyl groups is 1. The van der Waals surface area contributed by atoms with Crippen molar-refractivity contribution in [2.24, 2.45) is 5.41 Å². The zero-order valence-electron chi connectivity index (χ0n) is 7.67. The molecule has 2 bridgehead atoms. The van der Waals surface area contributed by atoms with Gasteiger partial charge in [0, 0.05) is 11.8 Å². The second-order valence-corrected chi connectivity index (χ2v) is 4.24. The molecule has 1 unspecified atom stereocenters. The second-order valence-electron chi connectivity index (χ2n) is 4.24. The van der Waals surface area contributed by atoms with Crippen LogP contribution in [0, 0.1) is 5.41 Å². The van der Waals surface area contributed by atoms with Crippen LogP contribution in [0.15, 0.2) is 0 Å². The zero-order valence-corrected chi connectivity index (χ0v) is 7.67. The third-order valence-corrected chi connectivity index (χ3v) is 3.23. The van der Waals surface area contributed by atoms with Gasteiger partial charge in [-0.2, -0.15) is 0 Å². The van der Waals surface area contributed by atoms with Crippen LogP contribution in [-0.2, 0) is 9.47 Å². The average Bonchev–Trinajstić information content (AvgIpc) is 2.24. The highest BCUT2D eigenvalue weighted by Gasteiger charge is 2.53. The average molecular weight is 172 g/mol. The molecule has 3 nitrogen and oxygen atoms in total. The fourth-order valence-corrected chi connectivity index (χ4v) is 2.24. The minimum Gasteiger partial charge on any atom is -0.393 e. The van der Waals surface area contributed by atoms with E-state index in [1.165, 1.54) is 0 Å². The van der Waals surface area contributed by atoms with Crippen LogP contribution in [0.2, 0.25) is 0 Å². The van der Waals surface area contributed by atoms with E-state index in [4.69, 9.17) is 9.47 Å². The van der Waals surface area contributed by atoms with E-state index in [-0.39, 0.29) is 11.5 Å². The Bertz CT molecular complexity index is 192. The van der Waals surface area contributed by atoms with Gasteiger partial charge in [-0.25, -0.2) is 0 Å². The van der Waals surface area contributed by atoms with Gasteiger partial charge in [0.25, 0.3) is 0 Å². The first-order chi connectivity index (χ1) is 5.56. The van der Waals surface area contributed by atoms with Crippen molar-refractivity contribution in [2.75, 3.05) is 13.2 Å². The molecule has 3 heteroatoms. The van der Waals surface area contributed by atoms with Crippen LogP contribution in [0.1, 0.15) is 26.7 Å². The second kappa shape index (κ2) is 2.44. The first-order valence-electron chi connectivity index (χ1n) is 4.52. The first-order valence-corrected chi connectivity index (χ1v) is 4.52. The monoisotopic (exact) mass is 172 g/mol. The topological polar surface area (TPSA) is 38.7 Å². The fraction of sp³-hybridized carbons (Fsp3) is 1.00. The van der Waals surface area contributed by atoms with Gasteiger partial charge in [0.15, 0.2) is 5.79 Å². The van der Waals surface area contributed by atoms with Gasteiger partial charge in [0.2, 0.25) is 0 Å². The Morgan fingerprint density at radius 2 is 2.17 bits per heavy atom. The molecule has 2 heterocycles. The molecule has 0 aromatic rings. The predicted molar refractivity (Wildman–Crippen MR) is 43.7 cm³/mol. The van der Waals surface area contributed by atoms with E-state index >= 15 is 0 Å². The van der Waals surface area contributed by atoms with Gasteiger partial charge in [0.1, 0.15) is 0 Å². The molecular formula is C9H16O3. The summed E-state index contributed by atoms with van der Waals surface area (Å²) in [6.45, 7) is 5.15. The van der Waals surface area contributed by atoms with E-state index < -0.39 is 5.79 Å². The Morgan fingerprint density at radius 1 is 1.42 bits per heavy atom.